The van der Waals surface area contributed by atoms with E-state index in [1.54, 1.807) is 84.9 Å². The summed E-state index contributed by atoms with van der Waals surface area (Å²) in [6, 6.07) is 28.7. The predicted molar refractivity (Wildman–Crippen MR) is 233 cm³/mol. The first-order chi connectivity index (χ1) is 31.0. The number of carbonyl (C=O) groups excluding carboxylic acids is 4. The van der Waals surface area contributed by atoms with Crippen molar-refractivity contribution in [2.45, 2.75) is 0 Å². The third-order valence-corrected chi connectivity index (χ3v) is 11.2. The van der Waals surface area contributed by atoms with E-state index >= 15 is 0 Å². The zero-order valence-electron chi connectivity index (χ0n) is 32.5. The minimum Gasteiger partial charge on any atom is -0.478 e. The first kappa shape index (κ1) is 37.6. The molecular formula is C48H24N6O10. The molecule has 2 amide bonds. The molecule has 16 nitrogen and oxygen atoms in total. The highest BCUT2D eigenvalue weighted by atomic mass is 16.5. The highest BCUT2D eigenvalue weighted by molar-refractivity contribution is 6.19. The third-order valence-electron chi connectivity index (χ3n) is 11.2. The normalized spacial score (nSPS) is 11.6. The van der Waals surface area contributed by atoms with Crippen molar-refractivity contribution in [1.82, 2.24) is 19.9 Å². The van der Waals surface area contributed by atoms with E-state index in [1.807, 2.05) is 0 Å². The number of nitrogens with one attached hydrogen (secondary N) is 2. The number of carboxylic acids is 2. The Labute approximate surface area is 357 Å². The van der Waals surface area contributed by atoms with Crippen LogP contribution >= 0.6 is 0 Å². The summed E-state index contributed by atoms with van der Waals surface area (Å²) in [6.07, 6.45) is 0. The summed E-state index contributed by atoms with van der Waals surface area (Å²) < 4.78 is 10.3. The molecule has 2 aromatic heterocycles. The second-order valence-corrected chi connectivity index (χ2v) is 15.0. The van der Waals surface area contributed by atoms with Gasteiger partial charge in [0.05, 0.1) is 56.0 Å². The molecular weight excluding hydrogens is 821 g/mol. The van der Waals surface area contributed by atoms with E-state index in [0.717, 1.165) is 5.39 Å². The van der Waals surface area contributed by atoms with Gasteiger partial charge < -0.3 is 30.3 Å². The number of hydrogen-bond donors (Lipinski definition) is 4. The van der Waals surface area contributed by atoms with Crippen LogP contribution in [0.2, 0.25) is 0 Å². The first-order valence-electron chi connectivity index (χ1n) is 19.3. The van der Waals surface area contributed by atoms with Crippen LogP contribution in [0.15, 0.2) is 109 Å². The Bertz CT molecular complexity index is 3650. The fourth-order valence-corrected chi connectivity index (χ4v) is 8.40. The largest absolute Gasteiger partial charge is 0.478 e. The molecule has 0 fully saturated rings. The lowest BCUT2D eigenvalue weighted by molar-refractivity contribution is -0.121. The lowest BCUT2D eigenvalue weighted by Gasteiger charge is -2.10. The Morgan fingerprint density at radius 1 is 0.438 bits per heavy atom. The van der Waals surface area contributed by atoms with Gasteiger partial charge in [-0.15, -0.1) is 0 Å². The molecule has 0 atom stereocenters. The molecule has 2 heterocycles. The smallest absolute Gasteiger partial charge is 0.335 e. The third kappa shape index (κ3) is 6.00. The monoisotopic (exact) mass is 844 g/mol. The zero-order chi connectivity index (χ0) is 44.0. The molecule has 11 rings (SSSR count). The number of carboxylic acid groups (broad SMARTS) is 2. The van der Waals surface area contributed by atoms with E-state index in [9.17, 15) is 39.0 Å². The van der Waals surface area contributed by atoms with E-state index in [4.69, 9.17) is 29.4 Å². The summed E-state index contributed by atoms with van der Waals surface area (Å²) in [4.78, 5) is 92.5. The molecule has 0 saturated carbocycles. The van der Waals surface area contributed by atoms with Gasteiger partial charge >= 0.3 is 11.9 Å². The highest BCUT2D eigenvalue weighted by Crippen LogP contribution is 2.50. The molecule has 0 spiro atoms. The van der Waals surface area contributed by atoms with Crippen LogP contribution in [0.25, 0.3) is 88.6 Å². The van der Waals surface area contributed by atoms with E-state index in [1.165, 1.54) is 24.3 Å². The number of fused-ring (bicyclic) bond motifs is 8. The molecule has 0 bridgehead atoms. The van der Waals surface area contributed by atoms with Gasteiger partial charge in [-0.3, -0.25) is 19.2 Å². The summed E-state index contributed by atoms with van der Waals surface area (Å²) in [5.41, 5.74) is 7.38. The van der Waals surface area contributed by atoms with E-state index in [0.29, 0.717) is 113 Å². The van der Waals surface area contributed by atoms with Crippen molar-refractivity contribution in [3.05, 3.63) is 131 Å². The van der Waals surface area contributed by atoms with Crippen LogP contribution in [-0.2, 0) is 9.59 Å². The fraction of sp³-hybridized carbons (Fsp3) is 0. The number of ether oxygens (including phenoxy) is 2. The van der Waals surface area contributed by atoms with Crippen molar-refractivity contribution in [3.63, 3.8) is 0 Å². The maximum Gasteiger partial charge on any atom is 0.335 e. The van der Waals surface area contributed by atoms with Crippen LogP contribution in [0.3, 0.4) is 0 Å². The van der Waals surface area contributed by atoms with Crippen LogP contribution in [0.1, 0.15) is 41.4 Å². The molecule has 306 valence electrons. The summed E-state index contributed by atoms with van der Waals surface area (Å²) in [6.45, 7) is 0.638. The number of hydrogen-bond acceptors (Lipinski definition) is 12. The lowest BCUT2D eigenvalue weighted by atomic mass is 9.98. The van der Waals surface area contributed by atoms with Gasteiger partial charge in [0.15, 0.2) is 0 Å². The number of aromatic carboxylic acids is 2. The average molecular weight is 845 g/mol. The Morgan fingerprint density at radius 2 is 0.812 bits per heavy atom. The number of anilines is 2. The van der Waals surface area contributed by atoms with Gasteiger partial charge in [-0.1, -0.05) is 0 Å². The van der Waals surface area contributed by atoms with Gasteiger partial charge in [0.1, 0.15) is 11.5 Å². The quantitative estimate of drug-likeness (QED) is 0.0951. The molecule has 0 aliphatic heterocycles. The van der Waals surface area contributed by atoms with E-state index in [-0.39, 0.29) is 28.2 Å². The van der Waals surface area contributed by atoms with E-state index < -0.39 is 23.8 Å². The van der Waals surface area contributed by atoms with Crippen LogP contribution < -0.4 is 20.1 Å². The van der Waals surface area contributed by atoms with Gasteiger partial charge in [0.2, 0.25) is 0 Å². The zero-order valence-corrected chi connectivity index (χ0v) is 32.5. The highest BCUT2D eigenvalue weighted by Gasteiger charge is 2.30. The molecule has 0 radical (unpaired) electrons. The molecule has 9 aromatic rings. The topological polar surface area (TPSA) is 237 Å². The molecule has 0 saturated heterocycles. The fourth-order valence-electron chi connectivity index (χ4n) is 8.40. The number of rotatable bonds is 10. The molecule has 2 aliphatic rings. The summed E-state index contributed by atoms with van der Waals surface area (Å²) in [7, 11) is 0. The number of carbonyl (C=O) groups is 6. The first-order valence-corrected chi connectivity index (χ1v) is 19.3. The molecule has 4 N–H and O–H groups in total. The Morgan fingerprint density at radius 3 is 1.20 bits per heavy atom. The van der Waals surface area contributed by atoms with Gasteiger partial charge in [-0.25, -0.2) is 29.5 Å². The van der Waals surface area contributed by atoms with Gasteiger partial charge in [-0.05, 0) is 120 Å². The second kappa shape index (κ2) is 14.1. The van der Waals surface area contributed by atoms with Gasteiger partial charge in [-0.2, -0.15) is 0 Å². The summed E-state index contributed by atoms with van der Waals surface area (Å²) in [5, 5.41) is 27.8. The maximum absolute atomic E-state index is 13.5. The van der Waals surface area contributed by atoms with Gasteiger partial charge in [0.25, 0.3) is 24.8 Å². The minimum absolute atomic E-state index is 0.0169. The molecule has 64 heavy (non-hydrogen) atoms. The van der Waals surface area contributed by atoms with Crippen molar-refractivity contribution in [3.8, 4) is 56.5 Å². The van der Waals surface area contributed by atoms with E-state index in [2.05, 4.69) is 10.6 Å². The number of amides is 2. The SMILES string of the molecule is O=COc1cc2c3c(cc(OC=O)cc3c1)-c1nc3cc(C(=O)Nc4ccc(NC(=O)c5ccc6nc7c(nc6c5)-c5cc(C(=O)O)cc6cc(C(=O)O)cc-7c56)cc4)ccc3nc1-2. The molecule has 16 heteroatoms. The van der Waals surface area contributed by atoms with Crippen LogP contribution in [-0.4, -0.2) is 66.8 Å². The minimum atomic E-state index is -1.18. The second-order valence-electron chi connectivity index (χ2n) is 15.0. The molecule has 7 aromatic carbocycles. The molecule has 0 unspecified atom stereocenters. The van der Waals surface area contributed by atoms with Crippen molar-refractivity contribution >= 4 is 91.7 Å². The van der Waals surface area contributed by atoms with Gasteiger partial charge in [0, 0.05) is 55.5 Å². The molecule has 2 aliphatic carbocycles. The Balaban J connectivity index is 0.824. The maximum atomic E-state index is 13.5. The van der Waals surface area contributed by atoms with Crippen molar-refractivity contribution < 1.29 is 48.5 Å². The lowest BCUT2D eigenvalue weighted by Crippen LogP contribution is -2.13. The van der Waals surface area contributed by atoms with Crippen LogP contribution in [0.5, 0.6) is 11.5 Å². The van der Waals surface area contributed by atoms with Crippen LogP contribution in [0.4, 0.5) is 11.4 Å². The number of aromatic nitrogens is 4. The average Bonchev–Trinajstić information content (AvgIpc) is 3.76. The number of benzene rings is 7. The summed E-state index contributed by atoms with van der Waals surface area (Å²) >= 11 is 0. The van der Waals surface area contributed by atoms with Crippen molar-refractivity contribution in [2.75, 3.05) is 10.6 Å². The van der Waals surface area contributed by atoms with Crippen LogP contribution in [0, 0.1) is 0 Å². The predicted octanol–water partition coefficient (Wildman–Crippen LogP) is 8.15. The van der Waals surface area contributed by atoms with Crippen molar-refractivity contribution in [2.24, 2.45) is 0 Å². The Hall–Kier alpha value is -9.44. The standard InChI is InChI=1S/C48H24N6O10/c55-19-63-29-11-24-12-30(64-20-56)18-34-40(24)33(17-29)43-44(34)54-38-16-22(2-8-36(38)52-43)46(58)50-28-5-3-27(4-6-28)49-45(57)21-1-7-35-37(15-21)53-42-32-14-26(48(61)62)10-23-9-25(47(59)60)13-31(39(23)32)41(42)51-35/h1-20H,(H,49,57)(H,50,58)(H,59,60)(H,61,62). The summed E-state index contributed by atoms with van der Waals surface area (Å²) in [5.74, 6) is -2.68. The number of nitrogens with zero attached hydrogens (tertiary/aromatic N) is 4. The Kier molecular flexibility index (Phi) is 8.25. The van der Waals surface area contributed by atoms with Crippen molar-refractivity contribution in [1.29, 1.82) is 0 Å².